The van der Waals surface area contributed by atoms with Crippen LogP contribution < -0.4 is 0 Å². The van der Waals surface area contributed by atoms with E-state index in [9.17, 15) is 8.78 Å². The number of nitrogens with one attached hydrogen (secondary N) is 1. The summed E-state index contributed by atoms with van der Waals surface area (Å²) < 4.78 is 28.6. The summed E-state index contributed by atoms with van der Waals surface area (Å²) in [6, 6.07) is 2.25. The van der Waals surface area contributed by atoms with Crippen LogP contribution in [0, 0.1) is 30.3 Å². The molecule has 1 aromatic carbocycles. The van der Waals surface area contributed by atoms with Gasteiger partial charge in [0.25, 0.3) is 0 Å². The average molecular weight is 241 g/mol. The molecule has 1 aromatic heterocycles. The highest BCUT2D eigenvalue weighted by Gasteiger charge is 2.12. The Labute approximate surface area is 95.7 Å². The maximum absolute atomic E-state index is 13.7. The van der Waals surface area contributed by atoms with Gasteiger partial charge in [0.2, 0.25) is 0 Å². The first-order valence-electron chi connectivity index (χ1n) is 4.60. The lowest BCUT2D eigenvalue weighted by Gasteiger charge is -2.07. The van der Waals surface area contributed by atoms with Gasteiger partial charge in [-0.2, -0.15) is 5.10 Å². The fourth-order valence-corrected chi connectivity index (χ4v) is 1.74. The Bertz CT molecular complexity index is 601. The minimum atomic E-state index is -0.528. The summed E-state index contributed by atoms with van der Waals surface area (Å²) in [5, 5.41) is 6.37. The molecule has 6 heteroatoms. The molecular weight excluding hydrogens is 232 g/mol. The third kappa shape index (κ3) is 1.65. The molecule has 0 aliphatic rings. The summed E-state index contributed by atoms with van der Waals surface area (Å²) in [4.78, 5) is 0. The quantitative estimate of drug-likeness (QED) is 0.779. The van der Waals surface area contributed by atoms with Crippen molar-refractivity contribution in [2.45, 2.75) is 13.8 Å². The summed E-state index contributed by atoms with van der Waals surface area (Å²) in [6.45, 7) is 3.16. The lowest BCUT2D eigenvalue weighted by atomic mass is 10.2. The van der Waals surface area contributed by atoms with Crippen molar-refractivity contribution in [3.63, 3.8) is 0 Å². The molecule has 0 unspecified atom stereocenters. The molecule has 0 fully saturated rings. The van der Waals surface area contributed by atoms with Gasteiger partial charge < -0.3 is 0 Å². The monoisotopic (exact) mass is 241 g/mol. The third-order valence-electron chi connectivity index (χ3n) is 2.31. The molecule has 0 saturated carbocycles. The number of hydrogen-bond acceptors (Lipinski definition) is 2. The molecule has 0 radical (unpaired) electrons. The number of halogens is 2. The van der Waals surface area contributed by atoms with Crippen molar-refractivity contribution < 1.29 is 8.78 Å². The average Bonchev–Trinajstić information content (AvgIpc) is 2.53. The van der Waals surface area contributed by atoms with Crippen molar-refractivity contribution in [1.29, 1.82) is 0 Å². The molecule has 0 spiro atoms. The van der Waals surface area contributed by atoms with Crippen molar-refractivity contribution in [1.82, 2.24) is 14.8 Å². The largest absolute Gasteiger partial charge is 0.269 e. The van der Waals surface area contributed by atoms with Crippen molar-refractivity contribution in [3.8, 4) is 5.69 Å². The minimum Gasteiger partial charge on any atom is -0.269 e. The number of H-pyrrole nitrogens is 1. The lowest BCUT2D eigenvalue weighted by molar-refractivity contribution is 0.584. The lowest BCUT2D eigenvalue weighted by Crippen LogP contribution is -2.02. The van der Waals surface area contributed by atoms with Gasteiger partial charge in [0.1, 0.15) is 17.5 Å². The predicted molar refractivity (Wildman–Crippen MR) is 58.1 cm³/mol. The molecule has 1 N–H and O–H groups in total. The van der Waals surface area contributed by atoms with E-state index in [1.165, 1.54) is 11.5 Å². The summed E-state index contributed by atoms with van der Waals surface area (Å²) in [5.41, 5.74) is 0.327. The summed E-state index contributed by atoms with van der Waals surface area (Å²) >= 11 is 4.95. The fourth-order valence-electron chi connectivity index (χ4n) is 1.47. The first kappa shape index (κ1) is 10.9. The summed E-state index contributed by atoms with van der Waals surface area (Å²) in [5.74, 6) is -0.523. The topological polar surface area (TPSA) is 33.6 Å². The second kappa shape index (κ2) is 3.79. The SMILES string of the molecule is Cc1cc(F)c(-n2c(C)n[nH]c2=S)cc1F. The molecule has 0 amide bonds. The zero-order valence-corrected chi connectivity index (χ0v) is 9.53. The smallest absolute Gasteiger partial charge is 0.199 e. The van der Waals surface area contributed by atoms with E-state index in [4.69, 9.17) is 12.2 Å². The second-order valence-electron chi connectivity index (χ2n) is 3.46. The third-order valence-corrected chi connectivity index (χ3v) is 2.58. The Morgan fingerprint density at radius 2 is 1.94 bits per heavy atom. The number of hydrogen-bond donors (Lipinski definition) is 1. The summed E-state index contributed by atoms with van der Waals surface area (Å²) in [6.07, 6.45) is 0. The zero-order valence-electron chi connectivity index (χ0n) is 8.71. The highest BCUT2D eigenvalue weighted by Crippen LogP contribution is 2.19. The van der Waals surface area contributed by atoms with Gasteiger partial charge in [0.05, 0.1) is 5.69 Å². The first-order chi connectivity index (χ1) is 7.50. The first-order valence-corrected chi connectivity index (χ1v) is 5.01. The van der Waals surface area contributed by atoms with Gasteiger partial charge in [-0.1, -0.05) is 0 Å². The Hall–Kier alpha value is -1.56. The molecule has 0 bridgehead atoms. The number of nitrogens with zero attached hydrogens (tertiary/aromatic N) is 2. The molecular formula is C10H9F2N3S. The molecule has 16 heavy (non-hydrogen) atoms. The molecule has 2 aromatic rings. The molecule has 3 nitrogen and oxygen atoms in total. The number of rotatable bonds is 1. The number of aromatic amines is 1. The van der Waals surface area contributed by atoms with Crippen molar-refractivity contribution >= 4 is 12.2 Å². The van der Waals surface area contributed by atoms with Gasteiger partial charge in [-0.05, 0) is 37.7 Å². The van der Waals surface area contributed by atoms with Crippen LogP contribution in [-0.4, -0.2) is 14.8 Å². The molecule has 0 aliphatic carbocycles. The van der Waals surface area contributed by atoms with E-state index >= 15 is 0 Å². The Morgan fingerprint density at radius 1 is 1.25 bits per heavy atom. The van der Waals surface area contributed by atoms with E-state index in [0.29, 0.717) is 5.82 Å². The standard InChI is InChI=1S/C10H9F2N3S/c1-5-3-8(12)9(4-7(5)11)15-6(2)13-14-10(15)16/h3-4H,1-2H3,(H,14,16). The van der Waals surface area contributed by atoms with Crippen molar-refractivity contribution in [3.05, 3.63) is 39.9 Å². The zero-order chi connectivity index (χ0) is 11.9. The highest BCUT2D eigenvalue weighted by atomic mass is 32.1. The maximum Gasteiger partial charge on any atom is 0.199 e. The van der Waals surface area contributed by atoms with Crippen LogP contribution in [0.25, 0.3) is 5.69 Å². The van der Waals surface area contributed by atoms with Gasteiger partial charge in [-0.25, -0.2) is 8.78 Å². The molecule has 2 rings (SSSR count). The normalized spacial score (nSPS) is 10.8. The fraction of sp³-hybridized carbons (Fsp3) is 0.200. The van der Waals surface area contributed by atoms with Crippen molar-refractivity contribution in [2.75, 3.05) is 0 Å². The van der Waals surface area contributed by atoms with Crippen molar-refractivity contribution in [2.24, 2.45) is 0 Å². The van der Waals surface area contributed by atoms with Crippen LogP contribution in [0.2, 0.25) is 0 Å². The molecule has 0 saturated heterocycles. The minimum absolute atomic E-state index is 0.0688. The Balaban J connectivity index is 2.74. The molecule has 84 valence electrons. The second-order valence-corrected chi connectivity index (χ2v) is 3.85. The van der Waals surface area contributed by atoms with Gasteiger partial charge in [0, 0.05) is 6.07 Å². The van der Waals surface area contributed by atoms with E-state index in [2.05, 4.69) is 10.2 Å². The van der Waals surface area contributed by atoms with Gasteiger partial charge in [0.15, 0.2) is 4.77 Å². The van der Waals surface area contributed by atoms with Gasteiger partial charge in [-0.15, -0.1) is 0 Å². The van der Waals surface area contributed by atoms with Crippen LogP contribution in [-0.2, 0) is 0 Å². The van der Waals surface area contributed by atoms with Crippen LogP contribution in [0.1, 0.15) is 11.4 Å². The van der Waals surface area contributed by atoms with Crippen LogP contribution in [0.5, 0.6) is 0 Å². The van der Waals surface area contributed by atoms with Gasteiger partial charge in [-0.3, -0.25) is 9.67 Å². The number of aromatic nitrogens is 3. The van der Waals surface area contributed by atoms with Crippen LogP contribution in [0.4, 0.5) is 8.78 Å². The Morgan fingerprint density at radius 3 is 2.50 bits per heavy atom. The maximum atomic E-state index is 13.7. The van der Waals surface area contributed by atoms with E-state index < -0.39 is 11.6 Å². The number of benzene rings is 1. The number of aryl methyl sites for hydroxylation is 2. The van der Waals surface area contributed by atoms with Gasteiger partial charge >= 0.3 is 0 Å². The highest BCUT2D eigenvalue weighted by molar-refractivity contribution is 7.71. The predicted octanol–water partition coefficient (Wildman–Crippen LogP) is 2.82. The molecule has 0 aliphatic heterocycles. The summed E-state index contributed by atoms with van der Waals surface area (Å²) in [7, 11) is 0. The Kier molecular flexibility index (Phi) is 2.59. The van der Waals surface area contributed by atoms with E-state index in [0.717, 1.165) is 12.1 Å². The molecule has 1 heterocycles. The van der Waals surface area contributed by atoms with Crippen LogP contribution >= 0.6 is 12.2 Å². The van der Waals surface area contributed by atoms with E-state index in [1.54, 1.807) is 6.92 Å². The molecule has 0 atom stereocenters. The van der Waals surface area contributed by atoms with E-state index in [-0.39, 0.29) is 16.0 Å². The van der Waals surface area contributed by atoms with Crippen LogP contribution in [0.15, 0.2) is 12.1 Å². The van der Waals surface area contributed by atoms with Crippen LogP contribution in [0.3, 0.4) is 0 Å². The van der Waals surface area contributed by atoms with E-state index in [1.807, 2.05) is 0 Å².